The van der Waals surface area contributed by atoms with Crippen molar-refractivity contribution in [2.24, 2.45) is 0 Å². The van der Waals surface area contributed by atoms with E-state index in [1.807, 2.05) is 6.08 Å². The van der Waals surface area contributed by atoms with Crippen molar-refractivity contribution in [2.75, 3.05) is 19.8 Å². The van der Waals surface area contributed by atoms with Gasteiger partial charge in [-0.3, -0.25) is 4.79 Å². The summed E-state index contributed by atoms with van der Waals surface area (Å²) in [6.45, 7) is 2.85. The number of carbonyl (C=O) groups is 1. The summed E-state index contributed by atoms with van der Waals surface area (Å²) in [4.78, 5) is 13.3. The van der Waals surface area contributed by atoms with Gasteiger partial charge in [0, 0.05) is 6.42 Å². The molecule has 2 aliphatic rings. The van der Waals surface area contributed by atoms with Crippen LogP contribution in [0, 0.1) is 0 Å². The molecule has 14 heteroatoms. The number of hydrogen-bond acceptors (Lipinski definition) is 13. The summed E-state index contributed by atoms with van der Waals surface area (Å²) < 4.78 is 22.8. The second kappa shape index (κ2) is 56.7. The number of unbranched alkanes of at least 4 members (excludes halogenated alkanes) is 48. The van der Waals surface area contributed by atoms with E-state index in [-0.39, 0.29) is 18.9 Å². The first-order chi connectivity index (χ1) is 41.6. The van der Waals surface area contributed by atoms with Crippen molar-refractivity contribution in [2.45, 2.75) is 415 Å². The first-order valence-corrected chi connectivity index (χ1v) is 36.4. The van der Waals surface area contributed by atoms with Crippen molar-refractivity contribution in [3.63, 3.8) is 0 Å². The monoisotopic (exact) mass is 1210 g/mol. The van der Waals surface area contributed by atoms with Gasteiger partial charge in [-0.1, -0.05) is 328 Å². The van der Waals surface area contributed by atoms with Crippen molar-refractivity contribution in [3.05, 3.63) is 12.2 Å². The molecule has 0 bridgehead atoms. The quantitative estimate of drug-likeness (QED) is 0.0204. The zero-order valence-corrected chi connectivity index (χ0v) is 54.9. The van der Waals surface area contributed by atoms with Crippen LogP contribution < -0.4 is 5.32 Å². The lowest BCUT2D eigenvalue weighted by molar-refractivity contribution is -0.359. The Bertz CT molecular complexity index is 1470. The SMILES string of the molecule is CCCCCCCCCCCCCCC/C=C/C(O)C(COC1OC(CO)C(OC2OC(CO)C(O)C(O)C2O)C(O)C1O)NC(=O)CCCCCCCCCCCCCCCCCCCCCCCCCCCCCCCCCCCCCC. The summed E-state index contributed by atoms with van der Waals surface area (Å²) >= 11 is 0. The largest absolute Gasteiger partial charge is 0.394 e. The second-order valence-electron chi connectivity index (χ2n) is 26.1. The zero-order valence-electron chi connectivity index (χ0n) is 54.9. The van der Waals surface area contributed by atoms with E-state index in [0.717, 1.165) is 38.5 Å². The maximum atomic E-state index is 13.3. The summed E-state index contributed by atoms with van der Waals surface area (Å²) in [5, 5.41) is 87.3. The third kappa shape index (κ3) is 41.0. The molecule has 0 spiro atoms. The molecule has 0 aromatic rings. The third-order valence-corrected chi connectivity index (χ3v) is 18.2. The predicted octanol–water partition coefficient (Wildman–Crippen LogP) is 15.0. The molecule has 9 N–H and O–H groups in total. The molecule has 14 nitrogen and oxygen atoms in total. The molecular weight excluding hydrogens is 1070 g/mol. The number of rotatable bonds is 61. The van der Waals surface area contributed by atoms with Crippen molar-refractivity contribution in [1.82, 2.24) is 5.32 Å². The highest BCUT2D eigenvalue weighted by molar-refractivity contribution is 5.76. The van der Waals surface area contributed by atoms with Crippen LogP contribution in [0.5, 0.6) is 0 Å². The summed E-state index contributed by atoms with van der Waals surface area (Å²) in [5.74, 6) is -0.231. The predicted molar refractivity (Wildman–Crippen MR) is 346 cm³/mol. The molecular formula is C71H137NO13. The van der Waals surface area contributed by atoms with Crippen LogP contribution in [0.15, 0.2) is 12.2 Å². The van der Waals surface area contributed by atoms with Crippen molar-refractivity contribution in [3.8, 4) is 0 Å². The van der Waals surface area contributed by atoms with E-state index < -0.39 is 86.8 Å². The van der Waals surface area contributed by atoms with E-state index in [2.05, 4.69) is 19.2 Å². The minimum atomic E-state index is -1.79. The molecule has 12 atom stereocenters. The van der Waals surface area contributed by atoms with Gasteiger partial charge >= 0.3 is 0 Å². The van der Waals surface area contributed by atoms with Crippen LogP contribution in [0.25, 0.3) is 0 Å². The lowest BCUT2D eigenvalue weighted by Gasteiger charge is -2.46. The van der Waals surface area contributed by atoms with E-state index in [9.17, 15) is 45.6 Å². The molecule has 504 valence electrons. The van der Waals surface area contributed by atoms with Gasteiger partial charge in [0.1, 0.15) is 48.8 Å². The van der Waals surface area contributed by atoms with Gasteiger partial charge in [-0.25, -0.2) is 0 Å². The molecule has 2 aliphatic heterocycles. The molecule has 0 aromatic heterocycles. The van der Waals surface area contributed by atoms with E-state index >= 15 is 0 Å². The standard InChI is InChI=1S/C71H137NO13/c1-3-5-7-9-11-13-15-17-19-20-21-22-23-24-25-26-27-28-29-30-31-32-33-34-35-36-37-38-39-41-43-45-47-49-51-53-55-63(76)72-59(60(75)54-52-50-48-46-44-42-40-18-16-14-12-10-8-6-4-2)58-82-70-68(81)66(79)69(62(57-74)84-70)85-71-67(80)65(78)64(77)61(56-73)83-71/h52,54,59-62,64-71,73-75,77-81H,3-51,53,55-58H2,1-2H3,(H,72,76)/b54-52+. The van der Waals surface area contributed by atoms with Crippen LogP contribution in [-0.4, -0.2) is 140 Å². The minimum Gasteiger partial charge on any atom is -0.394 e. The van der Waals surface area contributed by atoms with Crippen LogP contribution in [0.4, 0.5) is 0 Å². The minimum absolute atomic E-state index is 0.231. The number of allylic oxidation sites excluding steroid dienone is 1. The Morgan fingerprint density at radius 2 is 0.729 bits per heavy atom. The summed E-state index contributed by atoms with van der Waals surface area (Å²) in [6.07, 6.45) is 53.0. The van der Waals surface area contributed by atoms with E-state index in [0.29, 0.717) is 6.42 Å². The Morgan fingerprint density at radius 1 is 0.412 bits per heavy atom. The van der Waals surface area contributed by atoms with Crippen molar-refractivity contribution in [1.29, 1.82) is 0 Å². The number of aliphatic hydroxyl groups is 8. The van der Waals surface area contributed by atoms with Gasteiger partial charge in [0.05, 0.1) is 32.0 Å². The Morgan fingerprint density at radius 3 is 1.08 bits per heavy atom. The van der Waals surface area contributed by atoms with E-state index in [1.54, 1.807) is 6.08 Å². The van der Waals surface area contributed by atoms with E-state index in [1.165, 1.54) is 276 Å². The molecule has 0 aromatic carbocycles. The van der Waals surface area contributed by atoms with Crippen LogP contribution in [-0.2, 0) is 23.7 Å². The van der Waals surface area contributed by atoms with Crippen LogP contribution in [0.3, 0.4) is 0 Å². The maximum Gasteiger partial charge on any atom is 0.220 e. The highest BCUT2D eigenvalue weighted by atomic mass is 16.7. The molecule has 0 radical (unpaired) electrons. The third-order valence-electron chi connectivity index (χ3n) is 18.2. The Kier molecular flexibility index (Phi) is 53.2. The molecule has 2 rings (SSSR count). The molecule has 12 unspecified atom stereocenters. The molecule has 85 heavy (non-hydrogen) atoms. The first-order valence-electron chi connectivity index (χ1n) is 36.4. The molecule has 0 aliphatic carbocycles. The van der Waals surface area contributed by atoms with Crippen molar-refractivity contribution < 1.29 is 64.6 Å². The van der Waals surface area contributed by atoms with Crippen LogP contribution >= 0.6 is 0 Å². The van der Waals surface area contributed by atoms with Gasteiger partial charge in [0.15, 0.2) is 12.6 Å². The number of hydrogen-bond donors (Lipinski definition) is 9. The highest BCUT2D eigenvalue weighted by Crippen LogP contribution is 2.30. The van der Waals surface area contributed by atoms with Gasteiger partial charge in [-0.15, -0.1) is 0 Å². The van der Waals surface area contributed by atoms with E-state index in [4.69, 9.17) is 18.9 Å². The van der Waals surface area contributed by atoms with Crippen LogP contribution in [0.2, 0.25) is 0 Å². The lowest BCUT2D eigenvalue weighted by atomic mass is 9.97. The van der Waals surface area contributed by atoms with Gasteiger partial charge in [-0.05, 0) is 19.3 Å². The molecule has 0 saturated carbocycles. The zero-order chi connectivity index (χ0) is 61.6. The summed E-state index contributed by atoms with van der Waals surface area (Å²) in [7, 11) is 0. The molecule has 1 amide bonds. The average Bonchev–Trinajstić information content (AvgIpc) is 3.70. The summed E-state index contributed by atoms with van der Waals surface area (Å²) in [5.41, 5.74) is 0. The fraction of sp³-hybridized carbons (Fsp3) is 0.958. The normalized spacial score (nSPS) is 23.5. The molecule has 2 fully saturated rings. The average molecular weight is 1210 g/mol. The van der Waals surface area contributed by atoms with Crippen molar-refractivity contribution >= 4 is 5.91 Å². The lowest BCUT2D eigenvalue weighted by Crippen LogP contribution is -2.65. The number of nitrogens with one attached hydrogen (secondary N) is 1. The fourth-order valence-corrected chi connectivity index (χ4v) is 12.4. The Labute approximate surface area is 520 Å². The smallest absolute Gasteiger partial charge is 0.220 e. The topological polar surface area (TPSA) is 228 Å². The number of carbonyl (C=O) groups excluding carboxylic acids is 1. The summed E-state index contributed by atoms with van der Waals surface area (Å²) in [6, 6.07) is -0.910. The number of ether oxygens (including phenoxy) is 4. The highest BCUT2D eigenvalue weighted by Gasteiger charge is 2.51. The Balaban J connectivity index is 1.57. The Hall–Kier alpha value is -1.27. The van der Waals surface area contributed by atoms with Gasteiger partial charge in [-0.2, -0.15) is 0 Å². The molecule has 2 heterocycles. The fourth-order valence-electron chi connectivity index (χ4n) is 12.4. The molecule has 2 saturated heterocycles. The number of aliphatic hydroxyl groups excluding tert-OH is 8. The second-order valence-corrected chi connectivity index (χ2v) is 26.1. The van der Waals surface area contributed by atoms with Gasteiger partial charge in [0.2, 0.25) is 5.91 Å². The first kappa shape index (κ1) is 79.8. The van der Waals surface area contributed by atoms with Gasteiger partial charge in [0.25, 0.3) is 0 Å². The van der Waals surface area contributed by atoms with Gasteiger partial charge < -0.3 is 65.1 Å². The number of amides is 1. The van der Waals surface area contributed by atoms with Crippen LogP contribution in [0.1, 0.15) is 341 Å². The maximum absolute atomic E-state index is 13.3.